The van der Waals surface area contributed by atoms with E-state index in [1.54, 1.807) is 24.3 Å². The summed E-state index contributed by atoms with van der Waals surface area (Å²) in [6.45, 7) is 2.16. The van der Waals surface area contributed by atoms with Gasteiger partial charge in [0.05, 0.1) is 5.56 Å². The zero-order chi connectivity index (χ0) is 13.3. The first kappa shape index (κ1) is 12.9. The Balaban J connectivity index is 2.80. The van der Waals surface area contributed by atoms with Crippen molar-refractivity contribution in [1.82, 2.24) is 0 Å². The van der Waals surface area contributed by atoms with E-state index in [9.17, 15) is 13.2 Å². The largest absolute Gasteiger partial charge is 0.417 e. The van der Waals surface area contributed by atoms with Gasteiger partial charge in [-0.25, -0.2) is 0 Å². The summed E-state index contributed by atoms with van der Waals surface area (Å²) in [5.74, 6) is -0.0998. The van der Waals surface area contributed by atoms with E-state index in [1.165, 1.54) is 6.07 Å². The molecule has 0 spiro atoms. The van der Waals surface area contributed by atoms with Gasteiger partial charge in [0.15, 0.2) is 0 Å². The normalized spacial score (nSPS) is 13.8. The molecule has 0 fully saturated rings. The summed E-state index contributed by atoms with van der Waals surface area (Å²) in [6.07, 6.45) is -4.34. The van der Waals surface area contributed by atoms with Crippen molar-refractivity contribution in [2.45, 2.75) is 19.0 Å². The van der Waals surface area contributed by atoms with Crippen LogP contribution >= 0.6 is 0 Å². The maximum Gasteiger partial charge on any atom is 0.417 e. The van der Waals surface area contributed by atoms with Crippen LogP contribution in [0.5, 0.6) is 0 Å². The molecule has 0 bridgehead atoms. The molecule has 0 radical (unpaired) electrons. The second kappa shape index (κ2) is 4.61. The molecule has 0 amide bonds. The average molecular weight is 253 g/mol. The first-order chi connectivity index (χ1) is 8.45. The molecule has 0 aliphatic carbocycles. The second-order valence-corrected chi connectivity index (χ2v) is 4.39. The van der Waals surface area contributed by atoms with Gasteiger partial charge in [0.1, 0.15) is 0 Å². The minimum atomic E-state index is -4.34. The highest BCUT2D eigenvalue weighted by molar-refractivity contribution is 5.89. The van der Waals surface area contributed by atoms with Crippen LogP contribution in [-0.2, 0) is 6.18 Å². The topological polar surface area (TPSA) is 26.0 Å². The van der Waals surface area contributed by atoms with Gasteiger partial charge in [0, 0.05) is 0 Å². The fourth-order valence-corrected chi connectivity index (χ4v) is 2.14. The molecule has 0 saturated heterocycles. The maximum atomic E-state index is 13.0. The van der Waals surface area contributed by atoms with E-state index in [0.717, 1.165) is 6.07 Å². The molecule has 0 heterocycles. The van der Waals surface area contributed by atoms with E-state index >= 15 is 0 Å². The molecule has 2 aromatic carbocycles. The summed E-state index contributed by atoms with van der Waals surface area (Å²) in [6, 6.07) is 9.42. The molecule has 1 nitrogen and oxygen atoms in total. The Morgan fingerprint density at radius 1 is 1.11 bits per heavy atom. The summed E-state index contributed by atoms with van der Waals surface area (Å²) < 4.78 is 39.1. The zero-order valence-corrected chi connectivity index (χ0v) is 9.96. The van der Waals surface area contributed by atoms with Crippen molar-refractivity contribution in [1.29, 1.82) is 0 Å². The van der Waals surface area contributed by atoms with Crippen LogP contribution in [0, 0.1) is 0 Å². The van der Waals surface area contributed by atoms with Crippen LogP contribution in [0.15, 0.2) is 36.4 Å². The summed E-state index contributed by atoms with van der Waals surface area (Å²) in [7, 11) is 0. The summed E-state index contributed by atoms with van der Waals surface area (Å²) in [5.41, 5.74) is 5.64. The van der Waals surface area contributed by atoms with Gasteiger partial charge in [-0.1, -0.05) is 37.3 Å². The van der Waals surface area contributed by atoms with E-state index in [-0.39, 0.29) is 11.3 Å². The third-order valence-electron chi connectivity index (χ3n) is 3.13. The molecule has 0 aromatic heterocycles. The molecule has 18 heavy (non-hydrogen) atoms. The molecule has 2 N–H and O–H groups in total. The lowest BCUT2D eigenvalue weighted by Crippen LogP contribution is -2.12. The minimum absolute atomic E-state index is 0.0998. The highest BCUT2D eigenvalue weighted by Crippen LogP contribution is 2.38. The minimum Gasteiger partial charge on any atom is -0.330 e. The van der Waals surface area contributed by atoms with Crippen molar-refractivity contribution >= 4 is 10.8 Å². The third-order valence-corrected chi connectivity index (χ3v) is 3.13. The van der Waals surface area contributed by atoms with Crippen molar-refractivity contribution < 1.29 is 13.2 Å². The number of hydrogen-bond acceptors (Lipinski definition) is 1. The SMILES string of the molecule is CC(CN)c1cccc2cccc(C(F)(F)F)c12. The van der Waals surface area contributed by atoms with Gasteiger partial charge in [-0.15, -0.1) is 0 Å². The summed E-state index contributed by atoms with van der Waals surface area (Å²) >= 11 is 0. The van der Waals surface area contributed by atoms with Crippen molar-refractivity contribution in [3.05, 3.63) is 47.5 Å². The Morgan fingerprint density at radius 2 is 1.72 bits per heavy atom. The molecule has 1 unspecified atom stereocenters. The molecule has 0 aliphatic rings. The van der Waals surface area contributed by atoms with Gasteiger partial charge < -0.3 is 5.73 Å². The van der Waals surface area contributed by atoms with Crippen LogP contribution in [0.4, 0.5) is 13.2 Å². The lowest BCUT2D eigenvalue weighted by molar-refractivity contribution is -0.136. The van der Waals surface area contributed by atoms with E-state index in [4.69, 9.17) is 5.73 Å². The molecule has 1 atom stereocenters. The Morgan fingerprint density at radius 3 is 2.28 bits per heavy atom. The number of nitrogens with two attached hydrogens (primary N) is 1. The number of hydrogen-bond donors (Lipinski definition) is 1. The van der Waals surface area contributed by atoms with Crippen LogP contribution < -0.4 is 5.73 Å². The zero-order valence-electron chi connectivity index (χ0n) is 9.96. The first-order valence-electron chi connectivity index (χ1n) is 5.74. The lowest BCUT2D eigenvalue weighted by Gasteiger charge is -2.17. The molecule has 2 rings (SSSR count). The molecular weight excluding hydrogens is 239 g/mol. The van der Waals surface area contributed by atoms with Crippen molar-refractivity contribution in [3.8, 4) is 0 Å². The quantitative estimate of drug-likeness (QED) is 0.862. The van der Waals surface area contributed by atoms with Crippen LogP contribution in [0.25, 0.3) is 10.8 Å². The summed E-state index contributed by atoms with van der Waals surface area (Å²) in [4.78, 5) is 0. The fraction of sp³-hybridized carbons (Fsp3) is 0.286. The van der Waals surface area contributed by atoms with Crippen LogP contribution in [0.3, 0.4) is 0 Å². The van der Waals surface area contributed by atoms with Crippen molar-refractivity contribution in [2.75, 3.05) is 6.54 Å². The molecular formula is C14H14F3N. The predicted octanol–water partition coefficient (Wildman–Crippen LogP) is 3.92. The van der Waals surface area contributed by atoms with Crippen LogP contribution in [0.2, 0.25) is 0 Å². The molecule has 2 aromatic rings. The highest BCUT2D eigenvalue weighted by atomic mass is 19.4. The molecule has 0 saturated carbocycles. The Kier molecular flexibility index (Phi) is 3.30. The fourth-order valence-electron chi connectivity index (χ4n) is 2.14. The third kappa shape index (κ3) is 2.20. The monoisotopic (exact) mass is 253 g/mol. The van der Waals surface area contributed by atoms with E-state index < -0.39 is 11.7 Å². The van der Waals surface area contributed by atoms with Gasteiger partial charge in [-0.2, -0.15) is 13.2 Å². The van der Waals surface area contributed by atoms with Crippen molar-refractivity contribution in [2.24, 2.45) is 5.73 Å². The molecule has 0 aliphatic heterocycles. The molecule has 96 valence electrons. The highest BCUT2D eigenvalue weighted by Gasteiger charge is 2.33. The predicted molar refractivity (Wildman–Crippen MR) is 66.4 cm³/mol. The average Bonchev–Trinajstić information content (AvgIpc) is 2.35. The number of fused-ring (bicyclic) bond motifs is 1. The Bertz CT molecular complexity index is 555. The van der Waals surface area contributed by atoms with E-state index in [1.807, 2.05) is 6.92 Å². The van der Waals surface area contributed by atoms with Gasteiger partial charge in [0.2, 0.25) is 0 Å². The van der Waals surface area contributed by atoms with E-state index in [2.05, 4.69) is 0 Å². The Labute approximate surface area is 103 Å². The van der Waals surface area contributed by atoms with Crippen molar-refractivity contribution in [3.63, 3.8) is 0 Å². The van der Waals surface area contributed by atoms with Gasteiger partial charge in [-0.05, 0) is 34.9 Å². The van der Waals surface area contributed by atoms with Gasteiger partial charge in [0.25, 0.3) is 0 Å². The number of rotatable bonds is 2. The number of alkyl halides is 3. The first-order valence-corrected chi connectivity index (χ1v) is 5.74. The maximum absolute atomic E-state index is 13.0. The van der Waals surface area contributed by atoms with Gasteiger partial charge >= 0.3 is 6.18 Å². The van der Waals surface area contributed by atoms with Crippen LogP contribution in [-0.4, -0.2) is 6.54 Å². The summed E-state index contributed by atoms with van der Waals surface area (Å²) in [5, 5.41) is 0.869. The van der Waals surface area contributed by atoms with E-state index in [0.29, 0.717) is 17.5 Å². The number of halogens is 3. The number of benzene rings is 2. The molecule has 4 heteroatoms. The van der Waals surface area contributed by atoms with Gasteiger partial charge in [-0.3, -0.25) is 0 Å². The lowest BCUT2D eigenvalue weighted by atomic mass is 9.91. The van der Waals surface area contributed by atoms with Crippen LogP contribution in [0.1, 0.15) is 24.0 Å². The second-order valence-electron chi connectivity index (χ2n) is 4.39. The standard InChI is InChI=1S/C14H14F3N/c1-9(8-18)11-6-2-4-10-5-3-7-12(13(10)11)14(15,16)17/h2-7,9H,8,18H2,1H3. The Hall–Kier alpha value is -1.55. The smallest absolute Gasteiger partial charge is 0.330 e.